The van der Waals surface area contributed by atoms with Gasteiger partial charge in [-0.3, -0.25) is 9.59 Å². The largest absolute Gasteiger partial charge is 0.493 e. The Labute approximate surface area is 164 Å². The summed E-state index contributed by atoms with van der Waals surface area (Å²) in [7, 11) is 3.09. The van der Waals surface area contributed by atoms with Gasteiger partial charge in [0.2, 0.25) is 11.8 Å². The van der Waals surface area contributed by atoms with Crippen LogP contribution in [0, 0.1) is 16.7 Å². The topological polar surface area (TPSA) is 100 Å². The number of ether oxygens (including phenoxy) is 2. The van der Waals surface area contributed by atoms with Crippen molar-refractivity contribution in [3.8, 4) is 17.6 Å². The van der Waals surface area contributed by atoms with Gasteiger partial charge >= 0.3 is 0 Å². The summed E-state index contributed by atoms with van der Waals surface area (Å²) >= 11 is 0. The second kappa shape index (κ2) is 8.91. The summed E-state index contributed by atoms with van der Waals surface area (Å²) in [5.74, 6) is 0.308. The molecule has 2 aromatic rings. The zero-order valence-electron chi connectivity index (χ0n) is 16.3. The zero-order valence-corrected chi connectivity index (χ0v) is 16.3. The first-order valence-corrected chi connectivity index (χ1v) is 8.62. The number of hydrogen-bond donors (Lipinski definition) is 2. The molecule has 0 atom stereocenters. The Morgan fingerprint density at radius 3 is 2.21 bits per heavy atom. The number of methoxy groups -OCH3 is 2. The minimum absolute atomic E-state index is 0.243. The molecule has 7 heteroatoms. The quantitative estimate of drug-likeness (QED) is 0.718. The molecule has 0 radical (unpaired) electrons. The van der Waals surface area contributed by atoms with Crippen LogP contribution in [0.25, 0.3) is 0 Å². The highest BCUT2D eigenvalue weighted by Gasteiger charge is 2.36. The average molecular weight is 381 g/mol. The minimum Gasteiger partial charge on any atom is -0.493 e. The summed E-state index contributed by atoms with van der Waals surface area (Å²) in [6.07, 6.45) is 0. The lowest BCUT2D eigenvalue weighted by Gasteiger charge is -2.23. The highest BCUT2D eigenvalue weighted by Crippen LogP contribution is 2.27. The van der Waals surface area contributed by atoms with Crippen molar-refractivity contribution < 1.29 is 19.1 Å². The Balaban J connectivity index is 2.01. The predicted molar refractivity (Wildman–Crippen MR) is 105 cm³/mol. The van der Waals surface area contributed by atoms with Gasteiger partial charge in [-0.1, -0.05) is 6.07 Å². The molecule has 0 spiro atoms. The van der Waals surface area contributed by atoms with Crippen LogP contribution in [-0.2, 0) is 16.1 Å². The van der Waals surface area contributed by atoms with Crippen molar-refractivity contribution in [3.05, 3.63) is 53.6 Å². The van der Waals surface area contributed by atoms with E-state index in [1.807, 2.05) is 12.1 Å². The molecule has 2 aromatic carbocycles. The summed E-state index contributed by atoms with van der Waals surface area (Å²) in [5, 5.41) is 14.3. The lowest BCUT2D eigenvalue weighted by Crippen LogP contribution is -2.44. The maximum Gasteiger partial charge on any atom is 0.239 e. The van der Waals surface area contributed by atoms with E-state index in [2.05, 4.69) is 10.6 Å². The molecule has 0 aliphatic carbocycles. The monoisotopic (exact) mass is 381 g/mol. The van der Waals surface area contributed by atoms with Crippen LogP contribution >= 0.6 is 0 Å². The van der Waals surface area contributed by atoms with Crippen LogP contribution < -0.4 is 20.1 Å². The van der Waals surface area contributed by atoms with Crippen molar-refractivity contribution in [3.63, 3.8) is 0 Å². The van der Waals surface area contributed by atoms with Crippen LogP contribution in [0.3, 0.4) is 0 Å². The first kappa shape index (κ1) is 20.8. The van der Waals surface area contributed by atoms with E-state index in [0.29, 0.717) is 22.7 Å². The number of nitriles is 1. The maximum absolute atomic E-state index is 12.6. The molecule has 0 saturated heterocycles. The molecule has 0 unspecified atom stereocenters. The van der Waals surface area contributed by atoms with Gasteiger partial charge in [0.05, 0.1) is 25.9 Å². The summed E-state index contributed by atoms with van der Waals surface area (Å²) in [6, 6.07) is 13.8. The number of benzene rings is 2. The van der Waals surface area contributed by atoms with Gasteiger partial charge in [-0.15, -0.1) is 0 Å². The van der Waals surface area contributed by atoms with Gasteiger partial charge in [0.15, 0.2) is 11.5 Å². The predicted octanol–water partition coefficient (Wildman–Crippen LogP) is 2.86. The molecule has 2 amide bonds. The van der Waals surface area contributed by atoms with Crippen molar-refractivity contribution in [2.24, 2.45) is 5.41 Å². The fourth-order valence-corrected chi connectivity index (χ4v) is 2.41. The number of rotatable bonds is 7. The number of anilines is 1. The molecule has 0 bridgehead atoms. The summed E-state index contributed by atoms with van der Waals surface area (Å²) in [4.78, 5) is 25.1. The minimum atomic E-state index is -1.29. The molecule has 0 aliphatic rings. The molecule has 0 aliphatic heterocycles. The first-order chi connectivity index (χ1) is 13.3. The van der Waals surface area contributed by atoms with Crippen LogP contribution in [0.15, 0.2) is 42.5 Å². The average Bonchev–Trinajstić information content (AvgIpc) is 2.72. The van der Waals surface area contributed by atoms with Crippen LogP contribution in [-0.4, -0.2) is 26.0 Å². The summed E-state index contributed by atoms with van der Waals surface area (Å²) < 4.78 is 10.4. The summed E-state index contributed by atoms with van der Waals surface area (Å²) in [6.45, 7) is 3.35. The molecule has 28 heavy (non-hydrogen) atoms. The number of amides is 2. The van der Waals surface area contributed by atoms with Crippen molar-refractivity contribution in [1.29, 1.82) is 5.26 Å². The Kier molecular flexibility index (Phi) is 6.61. The smallest absolute Gasteiger partial charge is 0.239 e. The summed E-state index contributed by atoms with van der Waals surface area (Å²) in [5.41, 5.74) is 0.536. The van der Waals surface area contributed by atoms with E-state index in [4.69, 9.17) is 14.7 Å². The van der Waals surface area contributed by atoms with E-state index in [9.17, 15) is 9.59 Å². The molecule has 7 nitrogen and oxygen atoms in total. The van der Waals surface area contributed by atoms with Crippen LogP contribution in [0.1, 0.15) is 25.0 Å². The van der Waals surface area contributed by atoms with Crippen LogP contribution in [0.5, 0.6) is 11.5 Å². The van der Waals surface area contributed by atoms with Crippen LogP contribution in [0.4, 0.5) is 5.69 Å². The zero-order chi connectivity index (χ0) is 20.7. The second-order valence-electron chi connectivity index (χ2n) is 6.64. The molecule has 0 aromatic heterocycles. The molecule has 0 heterocycles. The van der Waals surface area contributed by atoms with Crippen molar-refractivity contribution in [1.82, 2.24) is 5.32 Å². The highest BCUT2D eigenvalue weighted by atomic mass is 16.5. The van der Waals surface area contributed by atoms with E-state index in [1.165, 1.54) is 7.11 Å². The van der Waals surface area contributed by atoms with E-state index in [0.717, 1.165) is 5.56 Å². The van der Waals surface area contributed by atoms with E-state index in [-0.39, 0.29) is 6.54 Å². The van der Waals surface area contributed by atoms with Gasteiger partial charge in [-0.05, 0) is 55.8 Å². The SMILES string of the molecule is COc1ccc(CNC(=O)C(C)(C)C(=O)Nc2ccc(C#N)cc2)cc1OC. The fourth-order valence-electron chi connectivity index (χ4n) is 2.41. The van der Waals surface area contributed by atoms with Gasteiger partial charge in [-0.2, -0.15) is 5.26 Å². The number of nitrogens with zero attached hydrogens (tertiary/aromatic N) is 1. The maximum atomic E-state index is 12.6. The first-order valence-electron chi connectivity index (χ1n) is 8.62. The Hall–Kier alpha value is -3.53. The number of carbonyl (C=O) groups is 2. The van der Waals surface area contributed by atoms with Gasteiger partial charge < -0.3 is 20.1 Å². The normalized spacial score (nSPS) is 10.5. The van der Waals surface area contributed by atoms with E-state index in [1.54, 1.807) is 57.4 Å². The Bertz CT molecular complexity index is 899. The van der Waals surface area contributed by atoms with Gasteiger partial charge in [0.25, 0.3) is 0 Å². The molecule has 0 fully saturated rings. The van der Waals surface area contributed by atoms with Crippen LogP contribution in [0.2, 0.25) is 0 Å². The standard InChI is InChI=1S/C21H23N3O4/c1-21(2,20(26)24-16-8-5-14(12-22)6-9-16)19(25)23-13-15-7-10-17(27-3)18(11-15)28-4/h5-11H,13H2,1-4H3,(H,23,25)(H,24,26). The third kappa shape index (κ3) is 4.80. The number of carbonyl (C=O) groups excluding carboxylic acids is 2. The van der Waals surface area contributed by atoms with Crippen molar-refractivity contribution >= 4 is 17.5 Å². The third-order valence-corrected chi connectivity index (χ3v) is 4.31. The molecule has 0 saturated carbocycles. The molecule has 2 rings (SSSR count). The van der Waals surface area contributed by atoms with Gasteiger partial charge in [0.1, 0.15) is 5.41 Å². The highest BCUT2D eigenvalue weighted by molar-refractivity contribution is 6.09. The molecular formula is C21H23N3O4. The number of hydrogen-bond acceptors (Lipinski definition) is 5. The third-order valence-electron chi connectivity index (χ3n) is 4.31. The van der Waals surface area contributed by atoms with Crippen molar-refractivity contribution in [2.75, 3.05) is 19.5 Å². The molecule has 146 valence electrons. The second-order valence-corrected chi connectivity index (χ2v) is 6.64. The lowest BCUT2D eigenvalue weighted by atomic mass is 9.90. The molecular weight excluding hydrogens is 358 g/mol. The number of nitrogens with one attached hydrogen (secondary N) is 2. The fraction of sp³-hybridized carbons (Fsp3) is 0.286. The Morgan fingerprint density at radius 1 is 1.00 bits per heavy atom. The van der Waals surface area contributed by atoms with E-state index >= 15 is 0 Å². The Morgan fingerprint density at radius 2 is 1.64 bits per heavy atom. The lowest BCUT2D eigenvalue weighted by molar-refractivity contribution is -0.138. The van der Waals surface area contributed by atoms with Gasteiger partial charge in [0, 0.05) is 12.2 Å². The molecule has 2 N–H and O–H groups in total. The van der Waals surface area contributed by atoms with Crippen molar-refractivity contribution in [2.45, 2.75) is 20.4 Å². The van der Waals surface area contributed by atoms with E-state index < -0.39 is 17.2 Å². The van der Waals surface area contributed by atoms with Gasteiger partial charge in [-0.25, -0.2) is 0 Å².